The molecule has 0 saturated heterocycles. The zero-order valence-corrected chi connectivity index (χ0v) is 15.7. The van der Waals surface area contributed by atoms with Crippen LogP contribution in [0.25, 0.3) is 6.08 Å². The Kier molecular flexibility index (Phi) is 6.19. The molecular formula is C23H28O2. The molecule has 1 aliphatic rings. The Labute approximate surface area is 151 Å². The molecule has 1 aromatic rings. The Morgan fingerprint density at radius 2 is 1.84 bits per heavy atom. The SMILES string of the molecule is CC1=C(C=C/C(C)=C/C=Cc2ccc(C(=O)O)cc2)C(C)(C)CCC1. The lowest BCUT2D eigenvalue weighted by Crippen LogP contribution is -2.19. The van der Waals surface area contributed by atoms with Gasteiger partial charge >= 0.3 is 5.97 Å². The molecule has 0 spiro atoms. The standard InChI is InChI=1S/C23H28O2/c1-17(10-15-21-18(2)8-6-16-23(21,3)4)7-5-9-19-11-13-20(14-12-19)22(24)25/h5,7,9-15H,6,8,16H2,1-4H3,(H,24,25)/b9-5?,15-10?,17-7+. The van der Waals surface area contributed by atoms with Gasteiger partial charge in [0.25, 0.3) is 0 Å². The van der Waals surface area contributed by atoms with Gasteiger partial charge in [0.05, 0.1) is 5.56 Å². The minimum Gasteiger partial charge on any atom is -0.478 e. The Hall–Kier alpha value is -2.35. The van der Waals surface area contributed by atoms with E-state index in [9.17, 15) is 4.79 Å². The fourth-order valence-corrected chi connectivity index (χ4v) is 3.33. The molecule has 0 heterocycles. The van der Waals surface area contributed by atoms with Gasteiger partial charge in [0.2, 0.25) is 0 Å². The second-order valence-corrected chi connectivity index (χ2v) is 7.46. The van der Waals surface area contributed by atoms with Crippen molar-refractivity contribution in [3.8, 4) is 0 Å². The summed E-state index contributed by atoms with van der Waals surface area (Å²) in [5, 5.41) is 8.91. The fraction of sp³-hybridized carbons (Fsp3) is 0.348. The Bertz CT molecular complexity index is 741. The number of rotatable bonds is 5. The lowest BCUT2D eigenvalue weighted by Gasteiger charge is -2.32. The highest BCUT2D eigenvalue weighted by Gasteiger charge is 2.26. The van der Waals surface area contributed by atoms with Crippen LogP contribution in [0.3, 0.4) is 0 Å². The minimum atomic E-state index is -0.897. The van der Waals surface area contributed by atoms with Crippen molar-refractivity contribution >= 4 is 12.0 Å². The summed E-state index contributed by atoms with van der Waals surface area (Å²) < 4.78 is 0. The molecule has 2 nitrogen and oxygen atoms in total. The second-order valence-electron chi connectivity index (χ2n) is 7.46. The molecule has 0 amide bonds. The van der Waals surface area contributed by atoms with Crippen LogP contribution >= 0.6 is 0 Å². The maximum atomic E-state index is 10.8. The molecule has 0 unspecified atom stereocenters. The van der Waals surface area contributed by atoms with Crippen LogP contribution in [0.2, 0.25) is 0 Å². The van der Waals surface area contributed by atoms with Gasteiger partial charge in [-0.15, -0.1) is 0 Å². The Morgan fingerprint density at radius 3 is 2.44 bits per heavy atom. The maximum Gasteiger partial charge on any atom is 0.335 e. The molecule has 25 heavy (non-hydrogen) atoms. The molecule has 132 valence electrons. The zero-order valence-electron chi connectivity index (χ0n) is 15.7. The van der Waals surface area contributed by atoms with E-state index >= 15 is 0 Å². The van der Waals surface area contributed by atoms with Gasteiger partial charge in [0.1, 0.15) is 0 Å². The van der Waals surface area contributed by atoms with Crippen molar-refractivity contribution in [1.29, 1.82) is 0 Å². The van der Waals surface area contributed by atoms with Crippen LogP contribution in [0.15, 0.2) is 65.3 Å². The van der Waals surface area contributed by atoms with E-state index in [1.165, 1.54) is 36.0 Å². The van der Waals surface area contributed by atoms with Gasteiger partial charge in [0.15, 0.2) is 0 Å². The molecule has 0 fully saturated rings. The van der Waals surface area contributed by atoms with Crippen molar-refractivity contribution in [2.45, 2.75) is 47.0 Å². The van der Waals surface area contributed by atoms with E-state index < -0.39 is 5.97 Å². The molecule has 1 aliphatic carbocycles. The Balaban J connectivity index is 2.05. The summed E-state index contributed by atoms with van der Waals surface area (Å²) >= 11 is 0. The highest BCUT2D eigenvalue weighted by atomic mass is 16.4. The van der Waals surface area contributed by atoms with Gasteiger partial charge in [-0.2, -0.15) is 0 Å². The van der Waals surface area contributed by atoms with Gasteiger partial charge in [-0.25, -0.2) is 4.79 Å². The molecule has 0 aliphatic heterocycles. The van der Waals surface area contributed by atoms with Crippen LogP contribution in [0.4, 0.5) is 0 Å². The van der Waals surface area contributed by atoms with Crippen molar-refractivity contribution < 1.29 is 9.90 Å². The van der Waals surface area contributed by atoms with Crippen molar-refractivity contribution in [2.24, 2.45) is 5.41 Å². The molecule has 2 heteroatoms. The van der Waals surface area contributed by atoms with Crippen molar-refractivity contribution in [2.75, 3.05) is 0 Å². The third-order valence-electron chi connectivity index (χ3n) is 4.86. The average molecular weight is 336 g/mol. The number of hydrogen-bond donors (Lipinski definition) is 1. The zero-order chi connectivity index (χ0) is 18.4. The number of carboxylic acid groups (broad SMARTS) is 1. The lowest BCUT2D eigenvalue weighted by atomic mass is 9.72. The summed E-state index contributed by atoms with van der Waals surface area (Å²) in [7, 11) is 0. The summed E-state index contributed by atoms with van der Waals surface area (Å²) in [6, 6.07) is 6.88. The quantitative estimate of drug-likeness (QED) is 0.629. The van der Waals surface area contributed by atoms with Crippen molar-refractivity contribution in [3.63, 3.8) is 0 Å². The van der Waals surface area contributed by atoms with Gasteiger partial charge < -0.3 is 5.11 Å². The van der Waals surface area contributed by atoms with E-state index in [4.69, 9.17) is 5.11 Å². The number of benzene rings is 1. The molecule has 1 N–H and O–H groups in total. The maximum absolute atomic E-state index is 10.8. The van der Waals surface area contributed by atoms with E-state index in [1.807, 2.05) is 24.3 Å². The third kappa shape index (κ3) is 5.32. The molecule has 1 aromatic carbocycles. The third-order valence-corrected chi connectivity index (χ3v) is 4.86. The smallest absolute Gasteiger partial charge is 0.335 e. The largest absolute Gasteiger partial charge is 0.478 e. The van der Waals surface area contributed by atoms with Crippen LogP contribution in [-0.2, 0) is 0 Å². The van der Waals surface area contributed by atoms with E-state index in [-0.39, 0.29) is 5.41 Å². The summed E-state index contributed by atoms with van der Waals surface area (Å²) in [5.74, 6) is -0.897. The van der Waals surface area contributed by atoms with E-state index in [0.29, 0.717) is 5.56 Å². The van der Waals surface area contributed by atoms with E-state index in [1.54, 1.807) is 12.1 Å². The van der Waals surface area contributed by atoms with Gasteiger partial charge in [-0.3, -0.25) is 0 Å². The molecule has 2 rings (SSSR count). The molecule has 0 bridgehead atoms. The predicted molar refractivity (Wildman–Crippen MR) is 106 cm³/mol. The minimum absolute atomic E-state index is 0.265. The first-order valence-electron chi connectivity index (χ1n) is 8.86. The summed E-state index contributed by atoms with van der Waals surface area (Å²) in [4.78, 5) is 10.8. The molecule has 0 saturated carbocycles. The predicted octanol–water partition coefficient (Wildman–Crippen LogP) is 6.43. The molecule has 0 radical (unpaired) electrons. The first-order chi connectivity index (χ1) is 11.8. The lowest BCUT2D eigenvalue weighted by molar-refractivity contribution is 0.0697. The van der Waals surface area contributed by atoms with Crippen LogP contribution in [0.1, 0.15) is 62.9 Å². The van der Waals surface area contributed by atoms with Gasteiger partial charge in [-0.1, -0.05) is 67.5 Å². The number of hydrogen-bond acceptors (Lipinski definition) is 1. The second kappa shape index (κ2) is 8.15. The molecule has 0 aromatic heterocycles. The number of carbonyl (C=O) groups is 1. The Morgan fingerprint density at radius 1 is 1.16 bits per heavy atom. The number of aromatic carboxylic acids is 1. The van der Waals surface area contributed by atoms with Crippen LogP contribution in [0, 0.1) is 5.41 Å². The highest BCUT2D eigenvalue weighted by molar-refractivity contribution is 5.87. The first kappa shape index (κ1) is 19.0. The topological polar surface area (TPSA) is 37.3 Å². The van der Waals surface area contributed by atoms with Crippen LogP contribution in [-0.4, -0.2) is 11.1 Å². The van der Waals surface area contributed by atoms with Crippen molar-refractivity contribution in [1.82, 2.24) is 0 Å². The van der Waals surface area contributed by atoms with Crippen LogP contribution < -0.4 is 0 Å². The normalized spacial score (nSPS) is 18.3. The number of carboxylic acids is 1. The monoisotopic (exact) mass is 336 g/mol. The molecular weight excluding hydrogens is 308 g/mol. The summed E-state index contributed by atoms with van der Waals surface area (Å²) in [6.45, 7) is 9.00. The van der Waals surface area contributed by atoms with E-state index in [0.717, 1.165) is 5.56 Å². The van der Waals surface area contributed by atoms with Gasteiger partial charge in [0, 0.05) is 0 Å². The van der Waals surface area contributed by atoms with Crippen LogP contribution in [0.5, 0.6) is 0 Å². The summed E-state index contributed by atoms with van der Waals surface area (Å²) in [6.07, 6.45) is 14.3. The highest BCUT2D eigenvalue weighted by Crippen LogP contribution is 2.40. The van der Waals surface area contributed by atoms with Gasteiger partial charge in [-0.05, 0) is 61.8 Å². The van der Waals surface area contributed by atoms with Crippen molar-refractivity contribution in [3.05, 3.63) is 76.4 Å². The summed E-state index contributed by atoms with van der Waals surface area (Å²) in [5.41, 5.74) is 5.74. The first-order valence-corrected chi connectivity index (χ1v) is 8.86. The number of allylic oxidation sites excluding steroid dienone is 7. The average Bonchev–Trinajstić information content (AvgIpc) is 2.54. The fourth-order valence-electron chi connectivity index (χ4n) is 3.33. The molecule has 0 atom stereocenters. The van der Waals surface area contributed by atoms with E-state index in [2.05, 4.69) is 45.9 Å².